The third-order valence-electron chi connectivity index (χ3n) is 3.40. The van der Waals surface area contributed by atoms with E-state index in [4.69, 9.17) is 9.84 Å². The second-order valence-corrected chi connectivity index (χ2v) is 5.22. The van der Waals surface area contributed by atoms with E-state index < -0.39 is 5.97 Å². The monoisotopic (exact) mass is 284 g/mol. The number of carboxylic acids is 1. The molecule has 0 bridgehead atoms. The molecule has 2 rings (SSSR count). The highest BCUT2D eigenvalue weighted by Crippen LogP contribution is 2.31. The van der Waals surface area contributed by atoms with Crippen molar-refractivity contribution in [1.29, 1.82) is 0 Å². The molecule has 3 heteroatoms. The number of hydrogen-bond acceptors (Lipinski definition) is 2. The molecule has 110 valence electrons. The lowest BCUT2D eigenvalue weighted by atomic mass is 9.91. The van der Waals surface area contributed by atoms with Crippen LogP contribution in [0.4, 0.5) is 0 Å². The molecule has 0 unspecified atom stereocenters. The standard InChI is InChI=1S/C18H20O3/c1-4-21-15-8-5-13(6-9-15)16-10-7-14(18(19)20)11-17(16)12(2)3/h5-12H,4H2,1-3H3,(H,19,20). The van der Waals surface area contributed by atoms with Crippen LogP contribution in [0, 0.1) is 0 Å². The maximum Gasteiger partial charge on any atom is 0.335 e. The number of aromatic carboxylic acids is 1. The van der Waals surface area contributed by atoms with Gasteiger partial charge in [-0.3, -0.25) is 0 Å². The van der Waals surface area contributed by atoms with Gasteiger partial charge in [0.2, 0.25) is 0 Å². The first-order valence-corrected chi connectivity index (χ1v) is 7.13. The molecule has 21 heavy (non-hydrogen) atoms. The number of ether oxygens (including phenoxy) is 1. The Morgan fingerprint density at radius 3 is 2.33 bits per heavy atom. The van der Waals surface area contributed by atoms with E-state index >= 15 is 0 Å². The minimum atomic E-state index is -0.893. The fourth-order valence-corrected chi connectivity index (χ4v) is 2.33. The molecule has 0 atom stereocenters. The van der Waals surface area contributed by atoms with Crippen molar-refractivity contribution in [2.75, 3.05) is 6.61 Å². The van der Waals surface area contributed by atoms with Gasteiger partial charge in [-0.05, 0) is 53.8 Å². The fraction of sp³-hybridized carbons (Fsp3) is 0.278. The van der Waals surface area contributed by atoms with Crippen LogP contribution in [0.25, 0.3) is 11.1 Å². The average Bonchev–Trinajstić information content (AvgIpc) is 2.47. The molecule has 1 N–H and O–H groups in total. The van der Waals surface area contributed by atoms with Crippen LogP contribution in [-0.2, 0) is 0 Å². The lowest BCUT2D eigenvalue weighted by molar-refractivity contribution is 0.0697. The Bertz CT molecular complexity index is 627. The molecule has 0 radical (unpaired) electrons. The molecule has 0 aliphatic heterocycles. The van der Waals surface area contributed by atoms with Crippen molar-refractivity contribution in [3.63, 3.8) is 0 Å². The van der Waals surface area contributed by atoms with Gasteiger partial charge in [-0.25, -0.2) is 4.79 Å². The van der Waals surface area contributed by atoms with Crippen LogP contribution in [0.1, 0.15) is 42.6 Å². The Labute approximate surface area is 125 Å². The fourth-order valence-electron chi connectivity index (χ4n) is 2.33. The first kappa shape index (κ1) is 15.1. The second-order valence-electron chi connectivity index (χ2n) is 5.22. The van der Waals surface area contributed by atoms with Gasteiger partial charge < -0.3 is 9.84 Å². The zero-order valence-corrected chi connectivity index (χ0v) is 12.6. The van der Waals surface area contributed by atoms with Crippen molar-refractivity contribution in [1.82, 2.24) is 0 Å². The number of benzene rings is 2. The Morgan fingerprint density at radius 1 is 1.14 bits per heavy atom. The predicted octanol–water partition coefficient (Wildman–Crippen LogP) is 4.57. The SMILES string of the molecule is CCOc1ccc(-c2ccc(C(=O)O)cc2C(C)C)cc1. The van der Waals surface area contributed by atoms with Gasteiger partial charge >= 0.3 is 5.97 Å². The van der Waals surface area contributed by atoms with Gasteiger partial charge in [-0.1, -0.05) is 32.0 Å². The van der Waals surface area contributed by atoms with Gasteiger partial charge in [0.15, 0.2) is 0 Å². The van der Waals surface area contributed by atoms with Crippen molar-refractivity contribution < 1.29 is 14.6 Å². The first-order valence-electron chi connectivity index (χ1n) is 7.13. The summed E-state index contributed by atoms with van der Waals surface area (Å²) in [7, 11) is 0. The van der Waals surface area contributed by atoms with Gasteiger partial charge in [0, 0.05) is 0 Å². The first-order chi connectivity index (χ1) is 10.0. The maximum absolute atomic E-state index is 11.1. The predicted molar refractivity (Wildman–Crippen MR) is 84.1 cm³/mol. The Morgan fingerprint density at radius 2 is 1.81 bits per heavy atom. The van der Waals surface area contributed by atoms with Gasteiger partial charge in [-0.2, -0.15) is 0 Å². The molecule has 0 aromatic heterocycles. The number of rotatable bonds is 5. The molecular weight excluding hydrogens is 264 g/mol. The zero-order valence-electron chi connectivity index (χ0n) is 12.6. The van der Waals surface area contributed by atoms with Gasteiger partial charge in [0.05, 0.1) is 12.2 Å². The summed E-state index contributed by atoms with van der Waals surface area (Å²) in [4.78, 5) is 11.1. The van der Waals surface area contributed by atoms with E-state index in [9.17, 15) is 4.79 Å². The highest BCUT2D eigenvalue weighted by molar-refractivity contribution is 5.89. The molecule has 0 aliphatic carbocycles. The summed E-state index contributed by atoms with van der Waals surface area (Å²) in [6, 6.07) is 13.2. The zero-order chi connectivity index (χ0) is 15.4. The summed E-state index contributed by atoms with van der Waals surface area (Å²) >= 11 is 0. The van der Waals surface area contributed by atoms with Crippen LogP contribution in [0.3, 0.4) is 0 Å². The van der Waals surface area contributed by atoms with Crippen LogP contribution in [0.5, 0.6) is 5.75 Å². The smallest absolute Gasteiger partial charge is 0.335 e. The normalized spacial score (nSPS) is 10.7. The summed E-state index contributed by atoms with van der Waals surface area (Å²) in [5, 5.41) is 9.13. The van der Waals surface area contributed by atoms with Crippen molar-refractivity contribution in [3.05, 3.63) is 53.6 Å². The van der Waals surface area contributed by atoms with Crippen LogP contribution in [-0.4, -0.2) is 17.7 Å². The quantitative estimate of drug-likeness (QED) is 0.874. The summed E-state index contributed by atoms with van der Waals surface area (Å²) in [5.41, 5.74) is 3.50. The van der Waals surface area contributed by atoms with Crippen molar-refractivity contribution in [3.8, 4) is 16.9 Å². The molecule has 3 nitrogen and oxygen atoms in total. The van der Waals surface area contributed by atoms with E-state index in [1.165, 1.54) is 0 Å². The lowest BCUT2D eigenvalue weighted by Crippen LogP contribution is -2.00. The van der Waals surface area contributed by atoms with Crippen molar-refractivity contribution in [2.24, 2.45) is 0 Å². The van der Waals surface area contributed by atoms with E-state index in [2.05, 4.69) is 13.8 Å². The third kappa shape index (κ3) is 3.43. The van der Waals surface area contributed by atoms with Gasteiger partial charge in [0.25, 0.3) is 0 Å². The third-order valence-corrected chi connectivity index (χ3v) is 3.40. The molecule has 0 heterocycles. The van der Waals surface area contributed by atoms with Crippen LogP contribution < -0.4 is 4.74 Å². The van der Waals surface area contributed by atoms with E-state index in [-0.39, 0.29) is 5.92 Å². The summed E-state index contributed by atoms with van der Waals surface area (Å²) in [6.07, 6.45) is 0. The van der Waals surface area contributed by atoms with Crippen LogP contribution >= 0.6 is 0 Å². The van der Waals surface area contributed by atoms with Gasteiger partial charge in [0.1, 0.15) is 5.75 Å². The molecule has 2 aromatic carbocycles. The van der Waals surface area contributed by atoms with Gasteiger partial charge in [-0.15, -0.1) is 0 Å². The topological polar surface area (TPSA) is 46.5 Å². The van der Waals surface area contributed by atoms with Crippen LogP contribution in [0.2, 0.25) is 0 Å². The lowest BCUT2D eigenvalue weighted by Gasteiger charge is -2.14. The number of hydrogen-bond donors (Lipinski definition) is 1. The Kier molecular flexibility index (Phi) is 4.63. The van der Waals surface area contributed by atoms with E-state index in [1.54, 1.807) is 12.1 Å². The molecular formula is C18H20O3. The Hall–Kier alpha value is -2.29. The largest absolute Gasteiger partial charge is 0.494 e. The highest BCUT2D eigenvalue weighted by atomic mass is 16.5. The van der Waals surface area contributed by atoms with Crippen molar-refractivity contribution in [2.45, 2.75) is 26.7 Å². The second kappa shape index (κ2) is 6.44. The number of carbonyl (C=O) groups is 1. The van der Waals surface area contributed by atoms with E-state index in [1.807, 2.05) is 37.3 Å². The summed E-state index contributed by atoms with van der Waals surface area (Å²) < 4.78 is 5.45. The molecule has 0 fully saturated rings. The molecule has 0 aliphatic rings. The van der Waals surface area contributed by atoms with Crippen LogP contribution in [0.15, 0.2) is 42.5 Å². The molecule has 0 amide bonds. The van der Waals surface area contributed by atoms with Crippen molar-refractivity contribution >= 4 is 5.97 Å². The summed E-state index contributed by atoms with van der Waals surface area (Å²) in [6.45, 7) is 6.73. The molecule has 0 spiro atoms. The summed E-state index contributed by atoms with van der Waals surface area (Å²) in [5.74, 6) is 0.204. The molecule has 0 saturated carbocycles. The molecule has 0 saturated heterocycles. The number of carboxylic acid groups (broad SMARTS) is 1. The van der Waals surface area contributed by atoms with E-state index in [0.717, 1.165) is 22.4 Å². The highest BCUT2D eigenvalue weighted by Gasteiger charge is 2.12. The molecule has 2 aromatic rings. The minimum Gasteiger partial charge on any atom is -0.494 e. The maximum atomic E-state index is 11.1. The minimum absolute atomic E-state index is 0.255. The average molecular weight is 284 g/mol. The Balaban J connectivity index is 2.44. The van der Waals surface area contributed by atoms with E-state index in [0.29, 0.717) is 12.2 Å².